The number of phenols is 2. The van der Waals surface area contributed by atoms with Crippen molar-refractivity contribution >= 4 is 23.5 Å². The highest BCUT2D eigenvalue weighted by molar-refractivity contribution is 8.03. The first kappa shape index (κ1) is 29.8. The van der Waals surface area contributed by atoms with Crippen LogP contribution >= 0.6 is 23.5 Å². The first-order valence-corrected chi connectivity index (χ1v) is 15.2. The maximum absolute atomic E-state index is 9.49. The van der Waals surface area contributed by atoms with Crippen molar-refractivity contribution in [3.8, 4) is 22.6 Å². The fourth-order valence-corrected chi connectivity index (χ4v) is 5.71. The molecule has 3 aromatic rings. The van der Waals surface area contributed by atoms with Crippen LogP contribution < -0.4 is 4.74 Å². The van der Waals surface area contributed by atoms with E-state index >= 15 is 0 Å². The number of phenolic OH excluding ortho intramolecular Hbond substituents is 2. The maximum atomic E-state index is 9.49. The quantitative estimate of drug-likeness (QED) is 0.308. The van der Waals surface area contributed by atoms with Crippen molar-refractivity contribution < 1.29 is 14.9 Å². The Morgan fingerprint density at radius 1 is 1.05 bits per heavy atom. The van der Waals surface area contributed by atoms with Crippen molar-refractivity contribution in [2.24, 2.45) is 5.92 Å². The molecule has 1 saturated heterocycles. The Hall–Kier alpha value is -2.79. The van der Waals surface area contributed by atoms with Gasteiger partial charge in [-0.15, -0.1) is 11.8 Å². The topological polar surface area (TPSA) is 76.7 Å². The lowest BCUT2D eigenvalue weighted by Gasteiger charge is -2.25. The first-order valence-electron chi connectivity index (χ1n) is 13.1. The molecule has 38 heavy (non-hydrogen) atoms. The van der Waals surface area contributed by atoms with Crippen LogP contribution in [0.15, 0.2) is 77.7 Å². The summed E-state index contributed by atoms with van der Waals surface area (Å²) < 4.78 is 5.67. The molecule has 2 heterocycles. The van der Waals surface area contributed by atoms with E-state index in [1.54, 1.807) is 48.3 Å². The van der Waals surface area contributed by atoms with E-state index in [2.05, 4.69) is 42.2 Å². The Labute approximate surface area is 235 Å². The van der Waals surface area contributed by atoms with Crippen LogP contribution in [0.3, 0.4) is 0 Å². The third kappa shape index (κ3) is 9.83. The van der Waals surface area contributed by atoms with Crippen molar-refractivity contribution in [2.45, 2.75) is 42.8 Å². The Kier molecular flexibility index (Phi) is 12.7. The summed E-state index contributed by atoms with van der Waals surface area (Å²) in [5.41, 5.74) is 2.50. The van der Waals surface area contributed by atoms with Crippen LogP contribution in [0.1, 0.15) is 42.6 Å². The molecule has 0 saturated carbocycles. The molecule has 3 aromatic carbocycles. The Morgan fingerprint density at radius 2 is 1.82 bits per heavy atom. The number of thioether (sulfide) groups is 2. The van der Waals surface area contributed by atoms with Crippen molar-refractivity contribution in [3.63, 3.8) is 0 Å². The van der Waals surface area contributed by atoms with Crippen LogP contribution in [0.25, 0.3) is 0 Å². The molecule has 0 spiro atoms. The molecule has 0 aromatic heterocycles. The number of rotatable bonds is 6. The summed E-state index contributed by atoms with van der Waals surface area (Å²) in [6.45, 7) is 6.83. The Bertz CT molecular complexity index is 1150. The normalized spacial score (nSPS) is 18.0. The number of nitriles is 1. The summed E-state index contributed by atoms with van der Waals surface area (Å²) in [6.07, 6.45) is 7.05. The predicted octanol–water partition coefficient (Wildman–Crippen LogP) is 7.51. The van der Waals surface area contributed by atoms with Gasteiger partial charge in [-0.3, -0.25) is 0 Å². The lowest BCUT2D eigenvalue weighted by Crippen LogP contribution is -2.22. The molecule has 0 bridgehead atoms. The van der Waals surface area contributed by atoms with Gasteiger partial charge in [-0.05, 0) is 97.7 Å². The number of hydrogen-bond acceptors (Lipinski definition) is 7. The number of likely N-dealkylation sites (tertiary alicyclic amines) is 1. The largest absolute Gasteiger partial charge is 0.508 e. The minimum Gasteiger partial charge on any atom is -0.508 e. The number of fused-ring (bicyclic) bond motifs is 1. The van der Waals surface area contributed by atoms with Crippen LogP contribution in [-0.2, 0) is 6.42 Å². The zero-order valence-electron chi connectivity index (χ0n) is 22.3. The van der Waals surface area contributed by atoms with Gasteiger partial charge in [0.15, 0.2) is 0 Å². The zero-order chi connectivity index (χ0) is 27.2. The van der Waals surface area contributed by atoms with Crippen LogP contribution in [0, 0.1) is 16.6 Å². The van der Waals surface area contributed by atoms with E-state index in [0.717, 1.165) is 33.9 Å². The molecule has 1 unspecified atom stereocenters. The molecule has 2 N–H and O–H groups in total. The molecule has 5 rings (SSSR count). The highest BCUT2D eigenvalue weighted by atomic mass is 32.2. The molecule has 5 nitrogen and oxygen atoms in total. The van der Waals surface area contributed by atoms with Gasteiger partial charge in [0.1, 0.15) is 29.3 Å². The lowest BCUT2D eigenvalue weighted by molar-refractivity contribution is 0.303. The van der Waals surface area contributed by atoms with E-state index in [4.69, 9.17) is 10.00 Å². The third-order valence-corrected chi connectivity index (χ3v) is 8.10. The van der Waals surface area contributed by atoms with Crippen molar-refractivity contribution in [3.05, 3.63) is 83.9 Å². The van der Waals surface area contributed by atoms with Gasteiger partial charge in [0, 0.05) is 6.54 Å². The Balaban J connectivity index is 0.000000186. The Morgan fingerprint density at radius 3 is 2.50 bits per heavy atom. The number of hydrogen-bond donors (Lipinski definition) is 2. The second-order valence-electron chi connectivity index (χ2n) is 9.39. The average molecular weight is 551 g/mol. The van der Waals surface area contributed by atoms with Crippen LogP contribution in [0.2, 0.25) is 0 Å². The van der Waals surface area contributed by atoms with E-state index in [-0.39, 0.29) is 16.7 Å². The van der Waals surface area contributed by atoms with Gasteiger partial charge in [-0.2, -0.15) is 5.26 Å². The molecule has 1 fully saturated rings. The number of benzene rings is 3. The van der Waals surface area contributed by atoms with Gasteiger partial charge in [0.2, 0.25) is 0 Å². The van der Waals surface area contributed by atoms with E-state index in [0.29, 0.717) is 6.61 Å². The molecule has 2 aliphatic rings. The highest BCUT2D eigenvalue weighted by Gasteiger charge is 2.23. The predicted molar refractivity (Wildman–Crippen MR) is 159 cm³/mol. The van der Waals surface area contributed by atoms with Crippen molar-refractivity contribution in [1.82, 2.24) is 4.90 Å². The molecular weight excluding hydrogens is 512 g/mol. The number of aromatic hydroxyl groups is 2. The summed E-state index contributed by atoms with van der Waals surface area (Å²) in [4.78, 5) is 3.56. The molecule has 7 heteroatoms. The average Bonchev–Trinajstić information content (AvgIpc) is 3.42. The van der Waals surface area contributed by atoms with E-state index < -0.39 is 0 Å². The molecule has 0 amide bonds. The highest BCUT2D eigenvalue weighted by Crippen LogP contribution is 2.45. The fraction of sp³-hybridized carbons (Fsp3) is 0.387. The number of aryl methyl sites for hydroxylation is 1. The number of ether oxygens (including phenoxy) is 1. The summed E-state index contributed by atoms with van der Waals surface area (Å²) in [5.74, 6) is 2.27. The SMILES string of the molecule is CCC1CCN(CCCc2ccccc2)C1.CSC#N.Oc1cccc([C@@H]2COc3ccc(O)cc3S2)c1. The minimum absolute atomic E-state index is 0.131. The fourth-order valence-electron chi connectivity index (χ4n) is 4.55. The van der Waals surface area contributed by atoms with E-state index in [1.807, 2.05) is 17.5 Å². The smallest absolute Gasteiger partial charge is 0.133 e. The van der Waals surface area contributed by atoms with Gasteiger partial charge in [0.25, 0.3) is 0 Å². The lowest BCUT2D eigenvalue weighted by atomic mass is 10.1. The van der Waals surface area contributed by atoms with Gasteiger partial charge < -0.3 is 19.8 Å². The van der Waals surface area contributed by atoms with Crippen LogP contribution in [0.4, 0.5) is 0 Å². The monoisotopic (exact) mass is 550 g/mol. The molecular formula is C31H38N2O3S2. The van der Waals surface area contributed by atoms with E-state index in [1.165, 1.54) is 50.9 Å². The molecule has 0 aliphatic carbocycles. The van der Waals surface area contributed by atoms with Gasteiger partial charge in [-0.25, -0.2) is 0 Å². The molecule has 202 valence electrons. The molecule has 2 aliphatic heterocycles. The number of nitrogens with zero attached hydrogens (tertiary/aromatic N) is 2. The summed E-state index contributed by atoms with van der Waals surface area (Å²) in [5, 5.41) is 28.5. The molecule has 0 radical (unpaired) electrons. The number of thiocyanates is 1. The van der Waals surface area contributed by atoms with E-state index in [9.17, 15) is 10.2 Å². The summed E-state index contributed by atoms with van der Waals surface area (Å²) in [6, 6.07) is 23.1. The van der Waals surface area contributed by atoms with Gasteiger partial charge in [-0.1, -0.05) is 55.8 Å². The zero-order valence-corrected chi connectivity index (χ0v) is 23.9. The second kappa shape index (κ2) is 16.2. The van der Waals surface area contributed by atoms with Gasteiger partial charge in [0.05, 0.1) is 10.1 Å². The summed E-state index contributed by atoms with van der Waals surface area (Å²) in [7, 11) is 0. The summed E-state index contributed by atoms with van der Waals surface area (Å²) >= 11 is 2.80. The molecule has 2 atom stereocenters. The van der Waals surface area contributed by atoms with Crippen molar-refractivity contribution in [1.29, 1.82) is 5.26 Å². The maximum Gasteiger partial charge on any atom is 0.133 e. The van der Waals surface area contributed by atoms with Crippen molar-refractivity contribution in [2.75, 3.05) is 32.5 Å². The minimum atomic E-state index is 0.131. The standard InChI is InChI=1S/C15H23N.C14H12O3S.C2H3NS/c1-2-14-10-12-16(13-14)11-6-9-15-7-4-3-5-8-15;15-10-3-1-2-9(6-10)14-8-17-12-5-4-11(16)7-13(12)18-14;1-4-2-3/h3-5,7-8,14H,2,6,9-13H2,1H3;1-7,14-16H,8H2;1H3/t;14-;/m.0./s1. The first-order chi connectivity index (χ1) is 18.5. The van der Waals surface area contributed by atoms with Crippen LogP contribution in [-0.4, -0.2) is 47.6 Å². The third-order valence-electron chi connectivity index (χ3n) is 6.65. The second-order valence-corrected chi connectivity index (χ2v) is 11.2. The van der Waals surface area contributed by atoms with Gasteiger partial charge >= 0.3 is 0 Å². The van der Waals surface area contributed by atoms with Crippen LogP contribution in [0.5, 0.6) is 17.2 Å².